The Kier molecular flexibility index (Phi) is 26.6. The van der Waals surface area contributed by atoms with E-state index in [0.29, 0.717) is 0 Å². The second kappa shape index (κ2) is 36.2. The van der Waals surface area contributed by atoms with Gasteiger partial charge in [-0.05, 0) is 334 Å². The lowest BCUT2D eigenvalue weighted by Gasteiger charge is -2.46. The van der Waals surface area contributed by atoms with Gasteiger partial charge in [0.15, 0.2) is 0 Å². The van der Waals surface area contributed by atoms with Crippen LogP contribution in [0.2, 0.25) is 0 Å². The Morgan fingerprint density at radius 3 is 0.673 bits per heavy atom. The summed E-state index contributed by atoms with van der Waals surface area (Å²) in [6.07, 6.45) is 0. The van der Waals surface area contributed by atoms with Crippen molar-refractivity contribution in [3.8, 4) is 45.3 Å². The first kappa shape index (κ1) is 110. The van der Waals surface area contributed by atoms with E-state index in [1.807, 2.05) is 0 Å². The fraction of sp³-hybridized carbons (Fsp3) is 0.451. The van der Waals surface area contributed by atoms with Crippen LogP contribution in [0.3, 0.4) is 0 Å². The van der Waals surface area contributed by atoms with Crippen LogP contribution in [-0.4, -0.2) is 13.4 Å². The van der Waals surface area contributed by atoms with Gasteiger partial charge in [0.25, 0.3) is 13.4 Å². The van der Waals surface area contributed by atoms with E-state index in [1.54, 1.807) is 0 Å². The minimum absolute atomic E-state index is 0.112. The van der Waals surface area contributed by atoms with Gasteiger partial charge in [0.2, 0.25) is 0 Å². The van der Waals surface area contributed by atoms with Crippen LogP contribution in [0.4, 0.5) is 68.2 Å². The number of nitrogens with zero attached hydrogens (tertiary/aromatic N) is 4. The minimum atomic E-state index is -0.369. The number of fused-ring (bicyclic) bond motifs is 8. The Morgan fingerprint density at radius 1 is 0.160 bits per heavy atom. The monoisotopic (exact) mass is 2000 g/mol. The van der Waals surface area contributed by atoms with Crippen LogP contribution in [-0.2, 0) is 86.6 Å². The Bertz CT molecular complexity index is 7340. The number of benzene rings is 13. The van der Waals surface area contributed by atoms with Crippen molar-refractivity contribution in [2.75, 3.05) is 19.6 Å². The zero-order valence-electron chi connectivity index (χ0n) is 102. The molecule has 17 rings (SSSR count). The maximum Gasteiger partial charge on any atom is 0.260 e. The Morgan fingerprint density at radius 2 is 0.380 bits per heavy atom. The predicted molar refractivity (Wildman–Crippen MR) is 658 cm³/mol. The summed E-state index contributed by atoms with van der Waals surface area (Å²) in [5.74, 6) is 3.21. The molecule has 0 N–H and O–H groups in total. The first-order valence-corrected chi connectivity index (χ1v) is 56.0. The standard InChI is InChI=1S/C142H180B2N4O2/c1-127(2,3)89-49-51-113-117(77-89)147(109-73-101(139(37,38)39)65-102(74-109)140(40,41)42)119-79-111(145(107-69-97(135(25,26)27)63-98(70-107)136(28,29)30)105-59-87(57-95(67-105)133(19,20)21)85-53-91(129(7,8)9)61-92(54-85)130(10,11)12)80-120-125(119)143(113)115-84-122-116(83-118(115)148(120)110-75-103(141(43,44)45)66-104(76-110)142(46,47)48)144-114-52-50-90(128(4,5)6)78-121(114)149-123-81-112(82-124(150-122)126(123)144)146(108-71-99(137(31,32)33)64-100(72-108)138(34,35)36)106-60-88(58-96(68-106)134(22,23)24)86-55-93(131(13,14)15)62-94(56-86)132(16,17)18/h49-84H,1-48H3. The lowest BCUT2D eigenvalue weighted by atomic mass is 9.31. The topological polar surface area (TPSA) is 31.4 Å². The van der Waals surface area contributed by atoms with Gasteiger partial charge >= 0.3 is 0 Å². The highest BCUT2D eigenvalue weighted by atomic mass is 16.5. The van der Waals surface area contributed by atoms with Crippen molar-refractivity contribution >= 4 is 114 Å². The summed E-state index contributed by atoms with van der Waals surface area (Å²) in [6, 6.07) is 90.2. The normalized spacial score (nSPS) is 14.5. The van der Waals surface area contributed by atoms with E-state index in [9.17, 15) is 0 Å². The Balaban J connectivity index is 1.05. The second-order valence-electron chi connectivity index (χ2n) is 61.8. The third kappa shape index (κ3) is 21.5. The molecule has 786 valence electrons. The van der Waals surface area contributed by atoms with Crippen LogP contribution in [0.15, 0.2) is 218 Å². The van der Waals surface area contributed by atoms with Crippen LogP contribution in [0.1, 0.15) is 421 Å². The summed E-state index contributed by atoms with van der Waals surface area (Å²) in [5.41, 5.74) is 41.6. The van der Waals surface area contributed by atoms with Crippen LogP contribution >= 0.6 is 0 Å². The summed E-state index contributed by atoms with van der Waals surface area (Å²) in [6.45, 7) is 114. The summed E-state index contributed by atoms with van der Waals surface area (Å²) in [4.78, 5) is 10.8. The quantitative estimate of drug-likeness (QED) is 0.127. The molecule has 0 aromatic heterocycles. The smallest absolute Gasteiger partial charge is 0.260 e. The summed E-state index contributed by atoms with van der Waals surface area (Å²) in [5, 5.41) is 0. The zero-order valence-corrected chi connectivity index (χ0v) is 102. The molecule has 4 heterocycles. The van der Waals surface area contributed by atoms with E-state index < -0.39 is 0 Å². The van der Waals surface area contributed by atoms with Gasteiger partial charge in [0.1, 0.15) is 23.0 Å². The van der Waals surface area contributed by atoms with Crippen LogP contribution in [0, 0.1) is 0 Å². The average Bonchev–Trinajstić information content (AvgIpc) is 0.681. The molecule has 4 aliphatic heterocycles. The summed E-state index contributed by atoms with van der Waals surface area (Å²) < 4.78 is 16.3. The van der Waals surface area contributed by atoms with Crippen LogP contribution < -0.4 is 61.9 Å². The molecule has 8 heteroatoms. The van der Waals surface area contributed by atoms with Crippen molar-refractivity contribution < 1.29 is 9.47 Å². The number of rotatable bonds is 10. The van der Waals surface area contributed by atoms with Gasteiger partial charge in [0.05, 0.1) is 11.4 Å². The van der Waals surface area contributed by atoms with E-state index in [2.05, 4.69) is 570 Å². The van der Waals surface area contributed by atoms with Gasteiger partial charge in [-0.25, -0.2) is 0 Å². The molecule has 0 saturated heterocycles. The molecule has 0 atom stereocenters. The lowest BCUT2D eigenvalue weighted by molar-refractivity contribution is 0.463. The molecule has 0 fully saturated rings. The fourth-order valence-electron chi connectivity index (χ4n) is 22.0. The predicted octanol–water partition coefficient (Wildman–Crippen LogP) is 37.5. The maximum absolute atomic E-state index is 8.39. The van der Waals surface area contributed by atoms with E-state index in [-0.39, 0.29) is 100 Å². The van der Waals surface area contributed by atoms with Gasteiger partial charge < -0.3 is 29.1 Å². The molecule has 0 radical (unpaired) electrons. The van der Waals surface area contributed by atoms with Crippen LogP contribution in [0.5, 0.6) is 23.0 Å². The first-order chi connectivity index (χ1) is 68.3. The van der Waals surface area contributed by atoms with Crippen molar-refractivity contribution in [2.24, 2.45) is 0 Å². The van der Waals surface area contributed by atoms with E-state index in [4.69, 9.17) is 9.47 Å². The molecule has 13 aromatic carbocycles. The SMILES string of the molecule is CC(C)(C)c1cc(-c2cc(C(C)(C)C)cc(C(C)(C)C)c2)cc(N(c2cc(C(C)(C)C)cc(C(C)(C)C)c2)c2cc3c4c(c2)Oc2cc5c(cc2B4c2ccc(C(C)(C)C)cc2O3)N(c2cc(C(C)(C)C)cc(C(C)(C)C)c2)c2cc(N(c3cc(-c4cc(C(C)(C)C)cc(C(C)(C)C)c4)cc(C(C)(C)C)c3)c3cc(C(C)(C)C)cc(C(C)(C)C)c3)cc3c2B5c2ccc(C(C)(C)C)cc2N3c2cc(C(C)(C)C)cc(C(C)(C)C)c2)c1. The van der Waals surface area contributed by atoms with Crippen molar-refractivity contribution in [3.63, 3.8) is 0 Å². The Hall–Kier alpha value is -11.2. The summed E-state index contributed by atoms with van der Waals surface area (Å²) in [7, 11) is 0. The summed E-state index contributed by atoms with van der Waals surface area (Å²) >= 11 is 0. The third-order valence-corrected chi connectivity index (χ3v) is 32.6. The van der Waals surface area contributed by atoms with Crippen molar-refractivity contribution in [1.29, 1.82) is 0 Å². The molecule has 0 bridgehead atoms. The van der Waals surface area contributed by atoms with Crippen molar-refractivity contribution in [1.82, 2.24) is 0 Å². The number of anilines is 12. The minimum Gasteiger partial charge on any atom is -0.458 e. The average molecular weight is 2000 g/mol. The second-order valence-corrected chi connectivity index (χ2v) is 61.8. The fourth-order valence-corrected chi connectivity index (χ4v) is 22.0. The molecule has 0 amide bonds. The highest BCUT2D eigenvalue weighted by molar-refractivity contribution is 7.01. The van der Waals surface area contributed by atoms with Gasteiger partial charge in [0, 0.05) is 74.5 Å². The van der Waals surface area contributed by atoms with E-state index in [1.165, 1.54) is 128 Å². The largest absolute Gasteiger partial charge is 0.458 e. The number of hydrogen-bond donors (Lipinski definition) is 0. The van der Waals surface area contributed by atoms with Gasteiger partial charge in [-0.2, -0.15) is 0 Å². The molecule has 0 spiro atoms. The van der Waals surface area contributed by atoms with Crippen LogP contribution in [0.25, 0.3) is 22.3 Å². The molecule has 0 unspecified atom stereocenters. The van der Waals surface area contributed by atoms with Gasteiger partial charge in [-0.1, -0.05) is 429 Å². The van der Waals surface area contributed by atoms with Crippen molar-refractivity contribution in [3.05, 3.63) is 307 Å². The van der Waals surface area contributed by atoms with E-state index >= 15 is 0 Å². The Labute approximate surface area is 908 Å². The maximum atomic E-state index is 8.39. The highest BCUT2D eigenvalue weighted by Crippen LogP contribution is 2.57. The highest BCUT2D eigenvalue weighted by Gasteiger charge is 2.50. The van der Waals surface area contributed by atoms with E-state index in [0.717, 1.165) is 108 Å². The molecule has 150 heavy (non-hydrogen) atoms. The third-order valence-electron chi connectivity index (χ3n) is 32.6. The van der Waals surface area contributed by atoms with Gasteiger partial charge in [-0.15, -0.1) is 0 Å². The lowest BCUT2D eigenvalue weighted by Crippen LogP contribution is -2.63. The molecule has 4 aliphatic rings. The molecule has 13 aromatic rings. The first-order valence-electron chi connectivity index (χ1n) is 56.0. The molecular formula is C142H180B2N4O2. The molecular weight excluding hydrogens is 1820 g/mol. The number of hydrogen-bond acceptors (Lipinski definition) is 6. The zero-order chi connectivity index (χ0) is 111. The van der Waals surface area contributed by atoms with Crippen molar-refractivity contribution in [2.45, 2.75) is 419 Å². The molecule has 0 saturated carbocycles. The molecule has 0 aliphatic carbocycles. The number of ether oxygens (including phenoxy) is 2. The molecule has 6 nitrogen and oxygen atoms in total. The van der Waals surface area contributed by atoms with Gasteiger partial charge in [-0.3, -0.25) is 0 Å².